The quantitative estimate of drug-likeness (QED) is 0.828. The summed E-state index contributed by atoms with van der Waals surface area (Å²) < 4.78 is 36.1. The van der Waals surface area contributed by atoms with Crippen molar-refractivity contribution in [3.63, 3.8) is 0 Å². The molecule has 0 spiro atoms. The highest BCUT2D eigenvalue weighted by molar-refractivity contribution is 5.96. The SMILES string of the molecule is C/C=C/c1ccccc1NC(=O)C(F)(F)F. The number of benzene rings is 1. The van der Waals surface area contributed by atoms with Crippen LogP contribution in [-0.2, 0) is 4.79 Å². The largest absolute Gasteiger partial charge is 0.471 e. The number of para-hydroxylation sites is 1. The summed E-state index contributed by atoms with van der Waals surface area (Å²) in [6.07, 6.45) is -1.58. The minimum absolute atomic E-state index is 0.142. The van der Waals surface area contributed by atoms with Gasteiger partial charge in [-0.25, -0.2) is 0 Å². The summed E-state index contributed by atoms with van der Waals surface area (Å²) in [5, 5.41) is 1.82. The van der Waals surface area contributed by atoms with Gasteiger partial charge in [-0.05, 0) is 18.6 Å². The summed E-state index contributed by atoms with van der Waals surface area (Å²) in [7, 11) is 0. The van der Waals surface area contributed by atoms with Gasteiger partial charge in [-0.2, -0.15) is 13.2 Å². The molecule has 0 heterocycles. The molecule has 86 valence electrons. The van der Waals surface area contributed by atoms with Crippen molar-refractivity contribution in [1.82, 2.24) is 0 Å². The van der Waals surface area contributed by atoms with Crippen molar-refractivity contribution in [3.05, 3.63) is 35.9 Å². The summed E-state index contributed by atoms with van der Waals surface area (Å²) >= 11 is 0. The van der Waals surface area contributed by atoms with E-state index in [0.29, 0.717) is 5.56 Å². The molecule has 1 aromatic carbocycles. The second-order valence-electron chi connectivity index (χ2n) is 3.04. The van der Waals surface area contributed by atoms with Crippen LogP contribution in [0.3, 0.4) is 0 Å². The first kappa shape index (κ1) is 12.3. The summed E-state index contributed by atoms with van der Waals surface area (Å²) in [4.78, 5) is 10.7. The molecule has 1 rings (SSSR count). The number of hydrogen-bond acceptors (Lipinski definition) is 1. The van der Waals surface area contributed by atoms with Gasteiger partial charge >= 0.3 is 12.1 Å². The van der Waals surface area contributed by atoms with E-state index in [-0.39, 0.29) is 5.69 Å². The van der Waals surface area contributed by atoms with Crippen molar-refractivity contribution in [3.8, 4) is 0 Å². The van der Waals surface area contributed by atoms with Crippen molar-refractivity contribution in [2.45, 2.75) is 13.1 Å². The smallest absolute Gasteiger partial charge is 0.318 e. The number of carbonyl (C=O) groups excluding carboxylic acids is 1. The third-order valence-corrected chi connectivity index (χ3v) is 1.81. The van der Waals surface area contributed by atoms with Gasteiger partial charge in [-0.1, -0.05) is 30.4 Å². The van der Waals surface area contributed by atoms with Gasteiger partial charge < -0.3 is 5.32 Å². The van der Waals surface area contributed by atoms with E-state index in [1.165, 1.54) is 6.07 Å². The van der Waals surface area contributed by atoms with Crippen molar-refractivity contribution in [1.29, 1.82) is 0 Å². The zero-order chi connectivity index (χ0) is 12.2. The second-order valence-corrected chi connectivity index (χ2v) is 3.04. The van der Waals surface area contributed by atoms with Crippen molar-refractivity contribution >= 4 is 17.7 Å². The molecule has 0 aromatic heterocycles. The Morgan fingerprint density at radius 2 is 1.94 bits per heavy atom. The van der Waals surface area contributed by atoms with Crippen LogP contribution in [0.2, 0.25) is 0 Å². The van der Waals surface area contributed by atoms with E-state index in [1.54, 1.807) is 37.3 Å². The topological polar surface area (TPSA) is 29.1 Å². The van der Waals surface area contributed by atoms with Gasteiger partial charge in [0.25, 0.3) is 0 Å². The Labute approximate surface area is 90.8 Å². The van der Waals surface area contributed by atoms with Gasteiger partial charge in [0.15, 0.2) is 0 Å². The van der Waals surface area contributed by atoms with E-state index < -0.39 is 12.1 Å². The van der Waals surface area contributed by atoms with E-state index in [0.717, 1.165) is 0 Å². The molecule has 0 aliphatic carbocycles. The minimum atomic E-state index is -4.87. The molecule has 0 radical (unpaired) electrons. The van der Waals surface area contributed by atoms with Crippen LogP contribution in [0.1, 0.15) is 12.5 Å². The number of halogens is 3. The number of nitrogens with one attached hydrogen (secondary N) is 1. The Balaban J connectivity index is 2.93. The first-order chi connectivity index (χ1) is 7.45. The maximum Gasteiger partial charge on any atom is 0.471 e. The van der Waals surface area contributed by atoms with Crippen LogP contribution in [0, 0.1) is 0 Å². The lowest BCUT2D eigenvalue weighted by Crippen LogP contribution is -2.30. The van der Waals surface area contributed by atoms with Crippen LogP contribution in [0.5, 0.6) is 0 Å². The Bertz CT molecular complexity index is 410. The number of alkyl halides is 3. The average Bonchev–Trinajstić information content (AvgIpc) is 2.20. The lowest BCUT2D eigenvalue weighted by atomic mass is 10.1. The molecule has 0 saturated carbocycles. The van der Waals surface area contributed by atoms with Crippen LogP contribution in [0.4, 0.5) is 18.9 Å². The van der Waals surface area contributed by atoms with Crippen molar-refractivity contribution in [2.24, 2.45) is 0 Å². The lowest BCUT2D eigenvalue weighted by molar-refractivity contribution is -0.167. The maximum absolute atomic E-state index is 12.0. The fraction of sp³-hybridized carbons (Fsp3) is 0.182. The first-order valence-electron chi connectivity index (χ1n) is 4.55. The standard InChI is InChI=1S/C11H10F3NO/c1-2-5-8-6-3-4-7-9(8)15-10(16)11(12,13)14/h2-7H,1H3,(H,15,16)/b5-2+. The predicted molar refractivity (Wildman–Crippen MR) is 55.8 cm³/mol. The number of anilines is 1. The molecule has 0 aliphatic heterocycles. The van der Waals surface area contributed by atoms with E-state index in [2.05, 4.69) is 0 Å². The van der Waals surface area contributed by atoms with E-state index in [9.17, 15) is 18.0 Å². The highest BCUT2D eigenvalue weighted by Gasteiger charge is 2.38. The fourth-order valence-electron chi connectivity index (χ4n) is 1.13. The summed E-state index contributed by atoms with van der Waals surface area (Å²) in [6, 6.07) is 6.27. The van der Waals surface area contributed by atoms with Crippen LogP contribution < -0.4 is 5.32 Å². The Morgan fingerprint density at radius 1 is 1.31 bits per heavy atom. The molecule has 0 aliphatic rings. The van der Waals surface area contributed by atoms with Crippen LogP contribution in [0.15, 0.2) is 30.3 Å². The van der Waals surface area contributed by atoms with Crippen LogP contribution in [0.25, 0.3) is 6.08 Å². The third kappa shape index (κ3) is 3.12. The second kappa shape index (κ2) is 4.83. The molecule has 0 saturated heterocycles. The molecule has 0 unspecified atom stereocenters. The molecule has 16 heavy (non-hydrogen) atoms. The first-order valence-corrected chi connectivity index (χ1v) is 4.55. The number of carbonyl (C=O) groups is 1. The zero-order valence-electron chi connectivity index (χ0n) is 8.51. The molecule has 0 fully saturated rings. The highest BCUT2D eigenvalue weighted by atomic mass is 19.4. The van der Waals surface area contributed by atoms with Gasteiger partial charge in [0.1, 0.15) is 0 Å². The Hall–Kier alpha value is -1.78. The minimum Gasteiger partial charge on any atom is -0.318 e. The van der Waals surface area contributed by atoms with E-state index in [1.807, 2.05) is 5.32 Å². The maximum atomic E-state index is 12.0. The summed E-state index contributed by atoms with van der Waals surface area (Å²) in [5.74, 6) is -1.97. The molecular weight excluding hydrogens is 219 g/mol. The third-order valence-electron chi connectivity index (χ3n) is 1.81. The molecule has 0 bridgehead atoms. The van der Waals surface area contributed by atoms with Gasteiger partial charge in [-0.3, -0.25) is 4.79 Å². The summed E-state index contributed by atoms with van der Waals surface area (Å²) in [5.41, 5.74) is 0.672. The van der Waals surface area contributed by atoms with Gasteiger partial charge in [-0.15, -0.1) is 0 Å². The molecule has 0 atom stereocenters. The monoisotopic (exact) mass is 229 g/mol. The zero-order valence-corrected chi connectivity index (χ0v) is 8.51. The number of allylic oxidation sites excluding steroid dienone is 1. The highest BCUT2D eigenvalue weighted by Crippen LogP contribution is 2.21. The Kier molecular flexibility index (Phi) is 3.71. The van der Waals surface area contributed by atoms with Crippen molar-refractivity contribution in [2.75, 3.05) is 5.32 Å². The van der Waals surface area contributed by atoms with Gasteiger partial charge in [0.2, 0.25) is 0 Å². The van der Waals surface area contributed by atoms with E-state index >= 15 is 0 Å². The molecular formula is C11H10F3NO. The fourth-order valence-corrected chi connectivity index (χ4v) is 1.13. The normalized spacial score (nSPS) is 11.8. The number of amides is 1. The number of rotatable bonds is 2. The van der Waals surface area contributed by atoms with Gasteiger partial charge in [0, 0.05) is 5.69 Å². The molecule has 5 heteroatoms. The molecule has 1 N–H and O–H groups in total. The molecule has 1 aromatic rings. The Morgan fingerprint density at radius 3 is 2.50 bits per heavy atom. The van der Waals surface area contributed by atoms with E-state index in [4.69, 9.17) is 0 Å². The lowest BCUT2D eigenvalue weighted by Gasteiger charge is -2.10. The molecule has 2 nitrogen and oxygen atoms in total. The van der Waals surface area contributed by atoms with Crippen LogP contribution in [-0.4, -0.2) is 12.1 Å². The average molecular weight is 229 g/mol. The van der Waals surface area contributed by atoms with Gasteiger partial charge in [0.05, 0.1) is 0 Å². The molecule has 1 amide bonds. The van der Waals surface area contributed by atoms with Crippen LogP contribution >= 0.6 is 0 Å². The number of hydrogen-bond donors (Lipinski definition) is 1. The summed E-state index contributed by atoms with van der Waals surface area (Å²) in [6.45, 7) is 1.74. The van der Waals surface area contributed by atoms with Crippen molar-refractivity contribution < 1.29 is 18.0 Å². The predicted octanol–water partition coefficient (Wildman–Crippen LogP) is 3.22.